The summed E-state index contributed by atoms with van der Waals surface area (Å²) in [6, 6.07) is 1.99. The van der Waals surface area contributed by atoms with Crippen molar-refractivity contribution in [3.05, 3.63) is 11.8 Å². The molecular formula is C16H25N3O2S. The van der Waals surface area contributed by atoms with Crippen LogP contribution in [0, 0.1) is 12.8 Å². The van der Waals surface area contributed by atoms with E-state index >= 15 is 0 Å². The molecule has 0 bridgehead atoms. The maximum Gasteiger partial charge on any atom is 0.241 e. The first-order chi connectivity index (χ1) is 10.6. The molecule has 2 saturated heterocycles. The van der Waals surface area contributed by atoms with Crippen molar-refractivity contribution in [2.75, 3.05) is 30.4 Å². The average molecular weight is 323 g/mol. The van der Waals surface area contributed by atoms with Crippen molar-refractivity contribution in [1.82, 2.24) is 9.78 Å². The standard InChI is InChI=1S/C16H25N3O2S/c1-12-10-15(18(2)17-12)19-7-5-14(16(19)20)22-9-3-4-13-6-8-21-11-13/h10,13-14H,3-9,11H2,1-2H3. The molecule has 1 amide bonds. The lowest BCUT2D eigenvalue weighted by Gasteiger charge is -2.16. The van der Waals surface area contributed by atoms with Crippen molar-refractivity contribution in [3.63, 3.8) is 0 Å². The van der Waals surface area contributed by atoms with Crippen LogP contribution in [0.15, 0.2) is 6.07 Å². The Morgan fingerprint density at radius 3 is 3.00 bits per heavy atom. The molecule has 1 aromatic heterocycles. The summed E-state index contributed by atoms with van der Waals surface area (Å²) in [7, 11) is 1.90. The van der Waals surface area contributed by atoms with Crippen LogP contribution in [0.25, 0.3) is 0 Å². The summed E-state index contributed by atoms with van der Waals surface area (Å²) in [4.78, 5) is 14.5. The molecule has 0 aliphatic carbocycles. The maximum atomic E-state index is 12.6. The van der Waals surface area contributed by atoms with Gasteiger partial charge in [0.25, 0.3) is 0 Å². The fraction of sp³-hybridized carbons (Fsp3) is 0.750. The zero-order valence-corrected chi connectivity index (χ0v) is 14.3. The molecule has 2 atom stereocenters. The van der Waals surface area contributed by atoms with Crippen molar-refractivity contribution in [3.8, 4) is 0 Å². The van der Waals surface area contributed by atoms with E-state index in [4.69, 9.17) is 4.74 Å². The third-order valence-corrected chi connectivity index (χ3v) is 5.87. The molecule has 1 aromatic rings. The molecule has 0 radical (unpaired) electrons. The van der Waals surface area contributed by atoms with Crippen LogP contribution < -0.4 is 4.90 Å². The van der Waals surface area contributed by atoms with Gasteiger partial charge >= 0.3 is 0 Å². The Morgan fingerprint density at radius 1 is 1.45 bits per heavy atom. The van der Waals surface area contributed by atoms with Crippen LogP contribution in [0.1, 0.15) is 31.4 Å². The van der Waals surface area contributed by atoms with Gasteiger partial charge in [-0.3, -0.25) is 14.4 Å². The van der Waals surface area contributed by atoms with Crippen LogP contribution in [-0.2, 0) is 16.6 Å². The normalized spacial score (nSPS) is 25.4. The Bertz CT molecular complexity index is 525. The van der Waals surface area contributed by atoms with Gasteiger partial charge in [-0.25, -0.2) is 0 Å². The van der Waals surface area contributed by atoms with E-state index in [0.29, 0.717) is 0 Å². The molecular weight excluding hydrogens is 298 g/mol. The molecule has 5 nitrogen and oxygen atoms in total. The van der Waals surface area contributed by atoms with Gasteiger partial charge in [0.1, 0.15) is 5.82 Å². The number of amides is 1. The molecule has 0 spiro atoms. The lowest BCUT2D eigenvalue weighted by molar-refractivity contribution is -0.116. The highest BCUT2D eigenvalue weighted by atomic mass is 32.2. The number of aryl methyl sites for hydroxylation is 2. The Hall–Kier alpha value is -1.01. The number of anilines is 1. The Labute approximate surface area is 136 Å². The monoisotopic (exact) mass is 323 g/mol. The summed E-state index contributed by atoms with van der Waals surface area (Å²) in [5.74, 6) is 2.99. The minimum atomic E-state index is 0.120. The predicted molar refractivity (Wildman–Crippen MR) is 89.3 cm³/mol. The van der Waals surface area contributed by atoms with Crippen LogP contribution in [0.3, 0.4) is 0 Å². The van der Waals surface area contributed by atoms with E-state index in [2.05, 4.69) is 5.10 Å². The molecule has 3 rings (SSSR count). The largest absolute Gasteiger partial charge is 0.381 e. The summed E-state index contributed by atoms with van der Waals surface area (Å²) in [6.07, 6.45) is 4.58. The molecule has 0 N–H and O–H groups in total. The van der Waals surface area contributed by atoms with Crippen LogP contribution >= 0.6 is 11.8 Å². The number of thioether (sulfide) groups is 1. The number of hydrogen-bond donors (Lipinski definition) is 0. The molecule has 3 heterocycles. The van der Waals surface area contributed by atoms with Crippen molar-refractivity contribution in [2.24, 2.45) is 13.0 Å². The Morgan fingerprint density at radius 2 is 2.32 bits per heavy atom. The highest BCUT2D eigenvalue weighted by Crippen LogP contribution is 2.30. The van der Waals surface area contributed by atoms with Gasteiger partial charge in [-0.1, -0.05) is 0 Å². The quantitative estimate of drug-likeness (QED) is 0.754. The predicted octanol–water partition coefficient (Wildman–Crippen LogP) is 2.38. The lowest BCUT2D eigenvalue weighted by atomic mass is 10.0. The van der Waals surface area contributed by atoms with Crippen LogP contribution in [0.4, 0.5) is 5.82 Å². The summed E-state index contributed by atoms with van der Waals surface area (Å²) in [5, 5.41) is 4.46. The third kappa shape index (κ3) is 3.49. The van der Waals surface area contributed by atoms with Gasteiger partial charge < -0.3 is 4.74 Å². The van der Waals surface area contributed by atoms with Crippen molar-refractivity contribution < 1.29 is 9.53 Å². The summed E-state index contributed by atoms with van der Waals surface area (Å²) < 4.78 is 7.21. The van der Waals surface area contributed by atoms with E-state index in [1.165, 1.54) is 19.3 Å². The number of rotatable bonds is 6. The first-order valence-electron chi connectivity index (χ1n) is 8.16. The van der Waals surface area contributed by atoms with E-state index in [0.717, 1.165) is 49.4 Å². The number of carbonyl (C=O) groups excluding carboxylic acids is 1. The van der Waals surface area contributed by atoms with Gasteiger partial charge in [-0.15, -0.1) is 11.8 Å². The summed E-state index contributed by atoms with van der Waals surface area (Å²) >= 11 is 1.82. The number of hydrogen-bond acceptors (Lipinski definition) is 4. The van der Waals surface area contributed by atoms with E-state index < -0.39 is 0 Å². The number of aromatic nitrogens is 2. The molecule has 2 unspecified atom stereocenters. The number of nitrogens with zero attached hydrogens (tertiary/aromatic N) is 3. The fourth-order valence-electron chi connectivity index (χ4n) is 3.29. The van der Waals surface area contributed by atoms with Gasteiger partial charge in [0.05, 0.1) is 10.9 Å². The molecule has 2 fully saturated rings. The van der Waals surface area contributed by atoms with Crippen molar-refractivity contribution in [2.45, 2.75) is 37.9 Å². The Kier molecular flexibility index (Phi) is 5.08. The van der Waals surface area contributed by atoms with Crippen LogP contribution in [0.5, 0.6) is 0 Å². The van der Waals surface area contributed by atoms with E-state index in [9.17, 15) is 4.79 Å². The van der Waals surface area contributed by atoms with Gasteiger partial charge in [-0.05, 0) is 44.3 Å². The summed E-state index contributed by atoms with van der Waals surface area (Å²) in [5.41, 5.74) is 0.959. The highest BCUT2D eigenvalue weighted by Gasteiger charge is 2.34. The van der Waals surface area contributed by atoms with Gasteiger partial charge in [-0.2, -0.15) is 5.10 Å². The molecule has 6 heteroatoms. The topological polar surface area (TPSA) is 47.4 Å². The zero-order chi connectivity index (χ0) is 15.5. The second-order valence-electron chi connectivity index (χ2n) is 6.28. The van der Waals surface area contributed by atoms with Crippen molar-refractivity contribution in [1.29, 1.82) is 0 Å². The van der Waals surface area contributed by atoms with Crippen LogP contribution in [0.2, 0.25) is 0 Å². The average Bonchev–Trinajstić information content (AvgIpc) is 3.18. The minimum Gasteiger partial charge on any atom is -0.381 e. The first-order valence-corrected chi connectivity index (χ1v) is 9.21. The van der Waals surface area contributed by atoms with E-state index in [-0.39, 0.29) is 11.2 Å². The highest BCUT2D eigenvalue weighted by molar-refractivity contribution is 8.00. The minimum absolute atomic E-state index is 0.120. The van der Waals surface area contributed by atoms with Crippen molar-refractivity contribution >= 4 is 23.5 Å². The molecule has 22 heavy (non-hydrogen) atoms. The molecule has 0 aromatic carbocycles. The molecule has 0 saturated carbocycles. The molecule has 2 aliphatic rings. The second-order valence-corrected chi connectivity index (χ2v) is 7.59. The van der Waals surface area contributed by atoms with E-state index in [1.807, 2.05) is 36.7 Å². The van der Waals surface area contributed by atoms with Gasteiger partial charge in [0, 0.05) is 32.9 Å². The number of carbonyl (C=O) groups is 1. The number of ether oxygens (including phenoxy) is 1. The lowest BCUT2D eigenvalue weighted by Crippen LogP contribution is -2.29. The fourth-order valence-corrected chi connectivity index (χ4v) is 4.45. The first kappa shape index (κ1) is 15.9. The molecule has 122 valence electrons. The van der Waals surface area contributed by atoms with Gasteiger partial charge in [0.2, 0.25) is 5.91 Å². The molecule has 2 aliphatic heterocycles. The van der Waals surface area contributed by atoms with Crippen LogP contribution in [-0.4, -0.2) is 46.4 Å². The maximum absolute atomic E-state index is 12.6. The Balaban J connectivity index is 1.45. The zero-order valence-electron chi connectivity index (χ0n) is 13.5. The van der Waals surface area contributed by atoms with Gasteiger partial charge in [0.15, 0.2) is 0 Å². The summed E-state index contributed by atoms with van der Waals surface area (Å²) in [6.45, 7) is 4.63. The van der Waals surface area contributed by atoms with E-state index in [1.54, 1.807) is 4.68 Å². The third-order valence-electron chi connectivity index (χ3n) is 4.51. The smallest absolute Gasteiger partial charge is 0.241 e. The second kappa shape index (κ2) is 7.04. The SMILES string of the molecule is Cc1cc(N2CCC(SCCCC3CCOC3)C2=O)n(C)n1.